The van der Waals surface area contributed by atoms with Crippen molar-refractivity contribution in [1.29, 1.82) is 5.26 Å². The summed E-state index contributed by atoms with van der Waals surface area (Å²) >= 11 is 0. The highest BCUT2D eigenvalue weighted by Gasteiger charge is 2.27. The van der Waals surface area contributed by atoms with E-state index in [1.807, 2.05) is 12.3 Å². The predicted molar refractivity (Wildman–Crippen MR) is 57.1 cm³/mol. The van der Waals surface area contributed by atoms with Crippen LogP contribution in [0.5, 0.6) is 0 Å². The number of nitriles is 1. The van der Waals surface area contributed by atoms with E-state index in [1.54, 1.807) is 6.20 Å². The summed E-state index contributed by atoms with van der Waals surface area (Å²) in [6, 6.07) is 6.86. The SMILES string of the molecule is N#CC[NH+]1CCCC[C@@H]1c1cccnc1. The molecule has 1 aromatic rings. The third kappa shape index (κ3) is 2.34. The molecule has 0 spiro atoms. The van der Waals surface area contributed by atoms with Gasteiger partial charge in [0.25, 0.3) is 0 Å². The minimum atomic E-state index is 0.479. The Balaban J connectivity index is 2.15. The van der Waals surface area contributed by atoms with E-state index < -0.39 is 0 Å². The van der Waals surface area contributed by atoms with Crippen molar-refractivity contribution in [2.45, 2.75) is 25.3 Å². The molecule has 0 amide bonds. The Morgan fingerprint density at radius 3 is 3.20 bits per heavy atom. The highest BCUT2D eigenvalue weighted by molar-refractivity contribution is 5.11. The van der Waals surface area contributed by atoms with Crippen molar-refractivity contribution in [2.24, 2.45) is 0 Å². The van der Waals surface area contributed by atoms with E-state index in [4.69, 9.17) is 5.26 Å². The van der Waals surface area contributed by atoms with Crippen molar-refractivity contribution < 1.29 is 4.90 Å². The van der Waals surface area contributed by atoms with E-state index >= 15 is 0 Å². The van der Waals surface area contributed by atoms with Crippen molar-refractivity contribution in [3.8, 4) is 6.07 Å². The highest BCUT2D eigenvalue weighted by Crippen LogP contribution is 2.17. The summed E-state index contributed by atoms with van der Waals surface area (Å²) in [7, 11) is 0. The number of aromatic nitrogens is 1. The number of quaternary nitrogens is 1. The molecule has 1 unspecified atom stereocenters. The quantitative estimate of drug-likeness (QED) is 0.718. The first-order chi connectivity index (χ1) is 7.42. The van der Waals surface area contributed by atoms with E-state index in [1.165, 1.54) is 29.7 Å². The smallest absolute Gasteiger partial charge is 0.165 e. The Bertz CT molecular complexity index is 342. The van der Waals surface area contributed by atoms with Gasteiger partial charge in [0.2, 0.25) is 0 Å². The molecule has 3 nitrogen and oxygen atoms in total. The molecule has 1 saturated heterocycles. The lowest BCUT2D eigenvalue weighted by atomic mass is 9.96. The van der Waals surface area contributed by atoms with Crippen LogP contribution in [0.3, 0.4) is 0 Å². The van der Waals surface area contributed by atoms with E-state index in [0.29, 0.717) is 12.6 Å². The fourth-order valence-corrected chi connectivity index (χ4v) is 2.38. The van der Waals surface area contributed by atoms with Gasteiger partial charge in [0.05, 0.1) is 6.54 Å². The summed E-state index contributed by atoms with van der Waals surface area (Å²) in [4.78, 5) is 5.56. The number of nitrogens with zero attached hydrogens (tertiary/aromatic N) is 2. The summed E-state index contributed by atoms with van der Waals surface area (Å²) in [5.74, 6) is 0. The third-order valence-electron chi connectivity index (χ3n) is 3.13. The first-order valence-electron chi connectivity index (χ1n) is 5.53. The fourth-order valence-electron chi connectivity index (χ4n) is 2.38. The number of nitrogens with one attached hydrogen (secondary N) is 1. The van der Waals surface area contributed by atoms with Crippen LogP contribution in [0.1, 0.15) is 30.9 Å². The van der Waals surface area contributed by atoms with Crippen LogP contribution in [-0.2, 0) is 0 Å². The molecule has 0 bridgehead atoms. The summed E-state index contributed by atoms with van der Waals surface area (Å²) in [6.07, 6.45) is 7.44. The number of pyridine rings is 1. The molecule has 0 aliphatic carbocycles. The summed E-state index contributed by atoms with van der Waals surface area (Å²) < 4.78 is 0. The number of piperidine rings is 1. The minimum Gasteiger partial charge on any atom is -0.317 e. The van der Waals surface area contributed by atoms with E-state index in [0.717, 1.165) is 6.54 Å². The molecule has 0 aromatic carbocycles. The summed E-state index contributed by atoms with van der Waals surface area (Å²) in [5, 5.41) is 8.80. The lowest BCUT2D eigenvalue weighted by Gasteiger charge is -2.30. The molecular weight excluding hydrogens is 186 g/mol. The Labute approximate surface area is 90.4 Å². The lowest BCUT2D eigenvalue weighted by molar-refractivity contribution is -0.930. The van der Waals surface area contributed by atoms with Gasteiger partial charge in [-0.05, 0) is 18.9 Å². The van der Waals surface area contributed by atoms with Crippen molar-refractivity contribution in [3.05, 3.63) is 30.1 Å². The van der Waals surface area contributed by atoms with Gasteiger partial charge >= 0.3 is 0 Å². The zero-order valence-electron chi connectivity index (χ0n) is 8.82. The molecule has 1 aromatic heterocycles. The first kappa shape index (κ1) is 10.1. The Morgan fingerprint density at radius 2 is 2.47 bits per heavy atom. The van der Waals surface area contributed by atoms with Crippen LogP contribution in [0, 0.1) is 11.3 Å². The summed E-state index contributed by atoms with van der Waals surface area (Å²) in [6.45, 7) is 1.73. The van der Waals surface area contributed by atoms with Gasteiger partial charge in [-0.1, -0.05) is 6.07 Å². The zero-order valence-corrected chi connectivity index (χ0v) is 8.82. The summed E-state index contributed by atoms with van der Waals surface area (Å²) in [5.41, 5.74) is 1.28. The standard InChI is InChI=1S/C12H15N3/c13-6-9-15-8-2-1-5-12(15)11-4-3-7-14-10-11/h3-4,7,10,12H,1-2,5,8-9H2/p+1/t12-/m1/s1. The second-order valence-electron chi connectivity index (χ2n) is 4.08. The van der Waals surface area contributed by atoms with Gasteiger partial charge in [0, 0.05) is 24.4 Å². The van der Waals surface area contributed by atoms with Gasteiger partial charge in [-0.15, -0.1) is 0 Å². The average Bonchev–Trinajstić information content (AvgIpc) is 2.31. The maximum absolute atomic E-state index is 8.80. The molecule has 1 N–H and O–H groups in total. The molecule has 2 rings (SSSR count). The topological polar surface area (TPSA) is 41.1 Å². The second kappa shape index (κ2) is 4.90. The maximum atomic E-state index is 8.80. The third-order valence-corrected chi connectivity index (χ3v) is 3.13. The van der Waals surface area contributed by atoms with Gasteiger partial charge in [-0.25, -0.2) is 0 Å². The van der Waals surface area contributed by atoms with E-state index in [-0.39, 0.29) is 0 Å². The van der Waals surface area contributed by atoms with Gasteiger partial charge in [0.15, 0.2) is 6.54 Å². The molecular formula is C12H16N3+. The molecule has 2 heterocycles. The van der Waals surface area contributed by atoms with Crippen molar-refractivity contribution in [3.63, 3.8) is 0 Å². The number of hydrogen-bond acceptors (Lipinski definition) is 2. The molecule has 1 fully saturated rings. The van der Waals surface area contributed by atoms with Gasteiger partial charge in [-0.3, -0.25) is 4.98 Å². The second-order valence-corrected chi connectivity index (χ2v) is 4.08. The molecule has 2 atom stereocenters. The Kier molecular flexibility index (Phi) is 3.31. The fraction of sp³-hybridized carbons (Fsp3) is 0.500. The monoisotopic (exact) mass is 202 g/mol. The lowest BCUT2D eigenvalue weighted by Crippen LogP contribution is -3.13. The number of likely N-dealkylation sites (tertiary alicyclic amines) is 1. The van der Waals surface area contributed by atoms with Crippen LogP contribution in [0.2, 0.25) is 0 Å². The highest BCUT2D eigenvalue weighted by atomic mass is 15.2. The van der Waals surface area contributed by atoms with Crippen LogP contribution >= 0.6 is 0 Å². The average molecular weight is 202 g/mol. The molecule has 1 aliphatic heterocycles. The van der Waals surface area contributed by atoms with Crippen LogP contribution in [0.25, 0.3) is 0 Å². The number of rotatable bonds is 2. The van der Waals surface area contributed by atoms with Crippen LogP contribution in [-0.4, -0.2) is 18.1 Å². The van der Waals surface area contributed by atoms with Gasteiger partial charge in [-0.2, -0.15) is 5.26 Å². The van der Waals surface area contributed by atoms with Crippen molar-refractivity contribution in [1.82, 2.24) is 4.98 Å². The molecule has 0 radical (unpaired) electrons. The number of hydrogen-bond donors (Lipinski definition) is 1. The van der Waals surface area contributed by atoms with E-state index in [9.17, 15) is 0 Å². The largest absolute Gasteiger partial charge is 0.317 e. The van der Waals surface area contributed by atoms with E-state index in [2.05, 4.69) is 17.1 Å². The molecule has 1 aliphatic rings. The Morgan fingerprint density at radius 1 is 1.53 bits per heavy atom. The van der Waals surface area contributed by atoms with Crippen LogP contribution in [0.15, 0.2) is 24.5 Å². The van der Waals surface area contributed by atoms with Gasteiger partial charge in [0.1, 0.15) is 12.1 Å². The van der Waals surface area contributed by atoms with Crippen LogP contribution in [0.4, 0.5) is 0 Å². The first-order valence-corrected chi connectivity index (χ1v) is 5.53. The van der Waals surface area contributed by atoms with Gasteiger partial charge < -0.3 is 4.90 Å². The van der Waals surface area contributed by atoms with Crippen LogP contribution < -0.4 is 4.90 Å². The zero-order chi connectivity index (χ0) is 10.5. The maximum Gasteiger partial charge on any atom is 0.165 e. The molecule has 78 valence electrons. The van der Waals surface area contributed by atoms with Crippen molar-refractivity contribution in [2.75, 3.05) is 13.1 Å². The normalized spacial score (nSPS) is 25.8. The van der Waals surface area contributed by atoms with Crippen molar-refractivity contribution >= 4 is 0 Å². The molecule has 0 saturated carbocycles. The Hall–Kier alpha value is -1.40. The predicted octanol–water partition coefficient (Wildman–Crippen LogP) is 0.715. The molecule has 3 heteroatoms. The molecule has 15 heavy (non-hydrogen) atoms. The minimum absolute atomic E-state index is 0.479.